The number of hydrogen-bond donors (Lipinski definition) is 2. The van der Waals surface area contributed by atoms with Crippen LogP contribution in [0.3, 0.4) is 0 Å². The molecule has 5 heteroatoms. The van der Waals surface area contributed by atoms with Gasteiger partial charge in [-0.2, -0.15) is 0 Å². The quantitative estimate of drug-likeness (QED) is 0.783. The van der Waals surface area contributed by atoms with Crippen LogP contribution in [-0.4, -0.2) is 23.1 Å². The minimum absolute atomic E-state index is 0.480. The molecule has 1 aromatic heterocycles. The summed E-state index contributed by atoms with van der Waals surface area (Å²) >= 11 is 9.05. The summed E-state index contributed by atoms with van der Waals surface area (Å²) in [5.74, 6) is 2.06. The van der Waals surface area contributed by atoms with Crippen molar-refractivity contribution in [3.8, 4) is 0 Å². The maximum Gasteiger partial charge on any atom is 0.128 e. The molecule has 2 N–H and O–H groups in total. The van der Waals surface area contributed by atoms with Crippen molar-refractivity contribution in [1.29, 1.82) is 0 Å². The van der Waals surface area contributed by atoms with Gasteiger partial charge in [0.1, 0.15) is 10.4 Å². The number of aromatic nitrogens is 2. The average molecular weight is 251 g/mol. The summed E-state index contributed by atoms with van der Waals surface area (Å²) in [6.45, 7) is 2.03. The molecule has 0 bridgehead atoms. The van der Waals surface area contributed by atoms with Crippen molar-refractivity contribution in [1.82, 2.24) is 15.3 Å². The molecular formula is C7H9BrClN3. The van der Waals surface area contributed by atoms with Crippen molar-refractivity contribution in [2.24, 2.45) is 0 Å². The fourth-order valence-electron chi connectivity index (χ4n) is 1.17. The molecule has 0 atom stereocenters. The molecule has 12 heavy (non-hydrogen) atoms. The summed E-state index contributed by atoms with van der Waals surface area (Å²) in [5.41, 5.74) is 0.971. The van der Waals surface area contributed by atoms with Crippen molar-refractivity contribution in [3.05, 3.63) is 16.1 Å². The second-order valence-electron chi connectivity index (χ2n) is 2.88. The van der Waals surface area contributed by atoms with Gasteiger partial charge < -0.3 is 10.3 Å². The zero-order chi connectivity index (χ0) is 8.55. The molecule has 0 spiro atoms. The average Bonchev–Trinajstić information content (AvgIpc) is 2.27. The minimum Gasteiger partial charge on any atom is -0.344 e. The monoisotopic (exact) mass is 249 g/mol. The maximum absolute atomic E-state index is 5.69. The first-order valence-corrected chi connectivity index (χ1v) is 5.15. The first-order valence-electron chi connectivity index (χ1n) is 3.82. The van der Waals surface area contributed by atoms with Crippen LogP contribution < -0.4 is 5.32 Å². The lowest BCUT2D eigenvalue weighted by molar-refractivity contribution is 0.432. The molecule has 0 aliphatic carbocycles. The van der Waals surface area contributed by atoms with Crippen LogP contribution in [0, 0.1) is 0 Å². The molecule has 66 valence electrons. The molecule has 2 heterocycles. The highest BCUT2D eigenvalue weighted by molar-refractivity contribution is 9.10. The predicted molar refractivity (Wildman–Crippen MR) is 51.5 cm³/mol. The second-order valence-corrected chi connectivity index (χ2v) is 3.90. The van der Waals surface area contributed by atoms with Crippen molar-refractivity contribution in [2.45, 2.75) is 11.8 Å². The highest BCUT2D eigenvalue weighted by Crippen LogP contribution is 2.22. The fraction of sp³-hybridized carbons (Fsp3) is 0.571. The Morgan fingerprint density at radius 2 is 2.33 bits per heavy atom. The molecule has 1 saturated heterocycles. The van der Waals surface area contributed by atoms with Crippen LogP contribution in [0.15, 0.2) is 4.60 Å². The van der Waals surface area contributed by atoms with Gasteiger partial charge in [0.25, 0.3) is 0 Å². The van der Waals surface area contributed by atoms with Crippen LogP contribution in [0.5, 0.6) is 0 Å². The first kappa shape index (κ1) is 8.53. The minimum atomic E-state index is 0.480. The van der Waals surface area contributed by atoms with Crippen LogP contribution in [-0.2, 0) is 5.88 Å². The van der Waals surface area contributed by atoms with Crippen LogP contribution >= 0.6 is 27.5 Å². The molecule has 0 radical (unpaired) electrons. The first-order chi connectivity index (χ1) is 5.81. The van der Waals surface area contributed by atoms with E-state index in [4.69, 9.17) is 11.6 Å². The van der Waals surface area contributed by atoms with Crippen LogP contribution in [0.25, 0.3) is 0 Å². The molecule has 0 aromatic carbocycles. The summed E-state index contributed by atoms with van der Waals surface area (Å²) in [6, 6.07) is 0. The van der Waals surface area contributed by atoms with E-state index >= 15 is 0 Å². The molecule has 0 unspecified atom stereocenters. The Morgan fingerprint density at radius 3 is 2.75 bits per heavy atom. The summed E-state index contributed by atoms with van der Waals surface area (Å²) in [6.07, 6.45) is 0. The zero-order valence-corrected chi connectivity index (χ0v) is 8.74. The van der Waals surface area contributed by atoms with Crippen molar-refractivity contribution >= 4 is 27.5 Å². The van der Waals surface area contributed by atoms with E-state index in [1.165, 1.54) is 0 Å². The Hall–Kier alpha value is -0.0600. The van der Waals surface area contributed by atoms with E-state index in [0.717, 1.165) is 29.2 Å². The van der Waals surface area contributed by atoms with E-state index in [-0.39, 0.29) is 0 Å². The molecular weight excluding hydrogens is 241 g/mol. The molecule has 1 aromatic rings. The van der Waals surface area contributed by atoms with Crippen molar-refractivity contribution < 1.29 is 0 Å². The normalized spacial score (nSPS) is 17.8. The fourth-order valence-corrected chi connectivity index (χ4v) is 1.96. The van der Waals surface area contributed by atoms with E-state index in [1.807, 2.05) is 0 Å². The van der Waals surface area contributed by atoms with Gasteiger partial charge >= 0.3 is 0 Å². The van der Waals surface area contributed by atoms with Gasteiger partial charge in [0.2, 0.25) is 0 Å². The third-order valence-electron chi connectivity index (χ3n) is 2.05. The van der Waals surface area contributed by atoms with Crippen LogP contribution in [0.4, 0.5) is 0 Å². The Kier molecular flexibility index (Phi) is 2.39. The SMILES string of the molecule is ClCc1[nH]c(C2CNC2)nc1Br. The third-order valence-corrected chi connectivity index (χ3v) is 2.97. The standard InChI is InChI=1S/C7H9BrClN3/c8-6-5(1-9)11-7(12-6)4-2-10-3-4/h4,10H,1-3H2,(H,11,12). The maximum atomic E-state index is 5.69. The van der Waals surface area contributed by atoms with Gasteiger partial charge in [0.05, 0.1) is 11.6 Å². The van der Waals surface area contributed by atoms with E-state index in [1.54, 1.807) is 0 Å². The molecule has 0 saturated carbocycles. The number of hydrogen-bond acceptors (Lipinski definition) is 2. The highest BCUT2D eigenvalue weighted by atomic mass is 79.9. The Bertz CT molecular complexity index is 282. The number of imidazole rings is 1. The Labute approximate surface area is 84.0 Å². The molecule has 1 aliphatic heterocycles. The summed E-state index contributed by atoms with van der Waals surface area (Å²) in [5, 5.41) is 3.20. The lowest BCUT2D eigenvalue weighted by atomic mass is 10.0. The Morgan fingerprint density at radius 1 is 1.58 bits per heavy atom. The van der Waals surface area contributed by atoms with Gasteiger partial charge in [-0.1, -0.05) is 0 Å². The van der Waals surface area contributed by atoms with E-state index in [0.29, 0.717) is 11.8 Å². The smallest absolute Gasteiger partial charge is 0.128 e. The van der Waals surface area contributed by atoms with Crippen molar-refractivity contribution in [3.63, 3.8) is 0 Å². The second kappa shape index (κ2) is 3.36. The van der Waals surface area contributed by atoms with Gasteiger partial charge in [0.15, 0.2) is 0 Å². The van der Waals surface area contributed by atoms with E-state index in [9.17, 15) is 0 Å². The highest BCUT2D eigenvalue weighted by Gasteiger charge is 2.22. The van der Waals surface area contributed by atoms with Crippen LogP contribution in [0.1, 0.15) is 17.4 Å². The number of aromatic amines is 1. The van der Waals surface area contributed by atoms with Crippen LogP contribution in [0.2, 0.25) is 0 Å². The molecule has 2 rings (SSSR count). The predicted octanol–water partition coefficient (Wildman–Crippen LogP) is 1.60. The lowest BCUT2D eigenvalue weighted by Crippen LogP contribution is -2.40. The molecule has 0 amide bonds. The zero-order valence-electron chi connectivity index (χ0n) is 6.40. The summed E-state index contributed by atoms with van der Waals surface area (Å²) in [4.78, 5) is 7.54. The largest absolute Gasteiger partial charge is 0.344 e. The third kappa shape index (κ3) is 1.39. The summed E-state index contributed by atoms with van der Waals surface area (Å²) in [7, 11) is 0. The van der Waals surface area contributed by atoms with Gasteiger partial charge in [0, 0.05) is 19.0 Å². The topological polar surface area (TPSA) is 40.7 Å². The van der Waals surface area contributed by atoms with Gasteiger partial charge in [-0.05, 0) is 15.9 Å². The van der Waals surface area contributed by atoms with E-state index < -0.39 is 0 Å². The van der Waals surface area contributed by atoms with Gasteiger partial charge in [-0.25, -0.2) is 4.98 Å². The Balaban J connectivity index is 2.21. The number of halogens is 2. The number of rotatable bonds is 2. The van der Waals surface area contributed by atoms with Gasteiger partial charge in [-0.15, -0.1) is 11.6 Å². The molecule has 3 nitrogen and oxygen atoms in total. The number of H-pyrrole nitrogens is 1. The number of nitrogens with zero attached hydrogens (tertiary/aromatic N) is 1. The number of nitrogens with one attached hydrogen (secondary N) is 2. The van der Waals surface area contributed by atoms with E-state index in [2.05, 4.69) is 31.2 Å². The molecule has 1 aliphatic rings. The number of alkyl halides is 1. The van der Waals surface area contributed by atoms with Gasteiger partial charge in [-0.3, -0.25) is 0 Å². The molecule has 1 fully saturated rings. The summed E-state index contributed by atoms with van der Waals surface area (Å²) < 4.78 is 0.847. The van der Waals surface area contributed by atoms with Crippen molar-refractivity contribution in [2.75, 3.05) is 13.1 Å². The lowest BCUT2D eigenvalue weighted by Gasteiger charge is -2.24.